The second-order valence-corrected chi connectivity index (χ2v) is 6.62. The second kappa shape index (κ2) is 126. The molecular formula is C52H104. The van der Waals surface area contributed by atoms with Crippen LogP contribution in [0.4, 0.5) is 0 Å². The van der Waals surface area contributed by atoms with Gasteiger partial charge in [0.05, 0.1) is 0 Å². The average Bonchev–Trinajstić information content (AvgIpc) is 3.28. The van der Waals surface area contributed by atoms with Crippen LogP contribution < -0.4 is 0 Å². The zero-order chi connectivity index (χ0) is 44.5. The fourth-order valence-electron chi connectivity index (χ4n) is 2.14. The molecule has 4 aromatic carbocycles. The normalized spacial score (nSPS) is 6.08. The van der Waals surface area contributed by atoms with Gasteiger partial charge in [0.15, 0.2) is 0 Å². The standard InChI is InChI=1S/4C7H8.12C2H6/c4*1-7-5-3-2-4-6-7;12*1-2/h4*2-6H,1H3;12*1-2H3. The minimum Gasteiger partial charge on any atom is -0.0683 e. The Morgan fingerprint density at radius 1 is 0.154 bits per heavy atom. The Morgan fingerprint density at radius 3 is 0.269 bits per heavy atom. The Kier molecular flexibility index (Phi) is 200. The number of rotatable bonds is 0. The van der Waals surface area contributed by atoms with Gasteiger partial charge in [-0.25, -0.2) is 0 Å². The van der Waals surface area contributed by atoms with Crippen LogP contribution in [0.15, 0.2) is 121 Å². The molecular weight excluding hydrogens is 625 g/mol. The summed E-state index contributed by atoms with van der Waals surface area (Å²) in [6.07, 6.45) is 0. The first-order valence-electron chi connectivity index (χ1n) is 21.6. The average molecular weight is 729 g/mol. The van der Waals surface area contributed by atoms with E-state index in [1.807, 2.05) is 239 Å². The van der Waals surface area contributed by atoms with Crippen LogP contribution in [0.2, 0.25) is 0 Å². The molecule has 4 aromatic rings. The van der Waals surface area contributed by atoms with Gasteiger partial charge in [-0.1, -0.05) is 310 Å². The third-order valence-electron chi connectivity index (χ3n) is 3.76. The van der Waals surface area contributed by atoms with Crippen molar-refractivity contribution >= 4 is 0 Å². The zero-order valence-electron chi connectivity index (χ0n) is 41.5. The number of hydrogen-bond acceptors (Lipinski definition) is 0. The molecule has 0 aliphatic heterocycles. The first kappa shape index (κ1) is 82.4. The molecule has 0 nitrogen and oxygen atoms in total. The summed E-state index contributed by atoms with van der Waals surface area (Å²) in [5.74, 6) is 0. The highest BCUT2D eigenvalue weighted by atomic mass is 13.8. The van der Waals surface area contributed by atoms with Crippen molar-refractivity contribution in [3.05, 3.63) is 144 Å². The fourth-order valence-corrected chi connectivity index (χ4v) is 2.14. The van der Waals surface area contributed by atoms with E-state index in [2.05, 4.69) is 76.2 Å². The smallest absolute Gasteiger partial charge is 0.0398 e. The van der Waals surface area contributed by atoms with E-state index in [9.17, 15) is 0 Å². The molecule has 0 atom stereocenters. The maximum absolute atomic E-state index is 2.08. The zero-order valence-corrected chi connectivity index (χ0v) is 41.5. The number of aryl methyl sites for hydroxylation is 4. The molecule has 0 fully saturated rings. The van der Waals surface area contributed by atoms with E-state index in [-0.39, 0.29) is 0 Å². The first-order valence-corrected chi connectivity index (χ1v) is 21.6. The van der Waals surface area contributed by atoms with Gasteiger partial charge in [-0.05, 0) is 27.7 Å². The van der Waals surface area contributed by atoms with Gasteiger partial charge >= 0.3 is 0 Å². The van der Waals surface area contributed by atoms with Crippen LogP contribution in [-0.2, 0) is 0 Å². The van der Waals surface area contributed by atoms with E-state index in [0.717, 1.165) is 0 Å². The summed E-state index contributed by atoms with van der Waals surface area (Å²) >= 11 is 0. The van der Waals surface area contributed by atoms with Crippen molar-refractivity contribution in [2.75, 3.05) is 0 Å². The number of hydrogen-bond donors (Lipinski definition) is 0. The number of benzene rings is 4. The molecule has 0 N–H and O–H groups in total. The van der Waals surface area contributed by atoms with Gasteiger partial charge < -0.3 is 0 Å². The molecule has 0 spiro atoms. The molecule has 0 unspecified atom stereocenters. The molecule has 0 bridgehead atoms. The summed E-state index contributed by atoms with van der Waals surface area (Å²) in [5.41, 5.74) is 5.29. The third-order valence-corrected chi connectivity index (χ3v) is 3.76. The molecule has 0 saturated heterocycles. The van der Waals surface area contributed by atoms with Crippen LogP contribution in [0, 0.1) is 27.7 Å². The first-order chi connectivity index (χ1) is 25.6. The highest BCUT2D eigenvalue weighted by molar-refractivity contribution is 5.13. The van der Waals surface area contributed by atoms with Crippen molar-refractivity contribution in [1.82, 2.24) is 0 Å². The van der Waals surface area contributed by atoms with Crippen molar-refractivity contribution in [1.29, 1.82) is 0 Å². The van der Waals surface area contributed by atoms with Crippen LogP contribution in [0.3, 0.4) is 0 Å². The van der Waals surface area contributed by atoms with Gasteiger partial charge in [-0.15, -0.1) is 0 Å². The molecule has 0 aliphatic rings. The van der Waals surface area contributed by atoms with Gasteiger partial charge in [0.1, 0.15) is 0 Å². The molecule has 0 amide bonds. The van der Waals surface area contributed by atoms with Crippen LogP contribution in [0.5, 0.6) is 0 Å². The lowest BCUT2D eigenvalue weighted by molar-refractivity contribution is 1.48. The van der Waals surface area contributed by atoms with Gasteiger partial charge in [0.25, 0.3) is 0 Å². The maximum Gasteiger partial charge on any atom is -0.0398 e. The molecule has 4 rings (SSSR count). The van der Waals surface area contributed by atoms with E-state index in [1.165, 1.54) is 22.3 Å². The van der Waals surface area contributed by atoms with E-state index < -0.39 is 0 Å². The molecule has 0 radical (unpaired) electrons. The lowest BCUT2D eigenvalue weighted by Crippen LogP contribution is -1.62. The van der Waals surface area contributed by atoms with Crippen LogP contribution >= 0.6 is 0 Å². The van der Waals surface area contributed by atoms with Crippen LogP contribution in [-0.4, -0.2) is 0 Å². The maximum atomic E-state index is 2.08. The summed E-state index contributed by atoms with van der Waals surface area (Å²) in [6, 6.07) is 41.0. The van der Waals surface area contributed by atoms with E-state index in [1.54, 1.807) is 0 Å². The highest BCUT2D eigenvalue weighted by Crippen LogP contribution is 1.94. The molecule has 0 heteroatoms. The van der Waals surface area contributed by atoms with Crippen molar-refractivity contribution < 1.29 is 0 Å². The topological polar surface area (TPSA) is 0 Å². The second-order valence-electron chi connectivity index (χ2n) is 6.62. The van der Waals surface area contributed by atoms with Gasteiger partial charge in [0.2, 0.25) is 0 Å². The fraction of sp³-hybridized carbons (Fsp3) is 0.538. The van der Waals surface area contributed by atoms with Crippen molar-refractivity contribution in [2.45, 2.75) is 194 Å². The lowest BCUT2D eigenvalue weighted by Gasteiger charge is -1.82. The SMILES string of the molecule is CC.CC.CC.CC.CC.CC.CC.CC.CC.CC.CC.CC.Cc1ccccc1.Cc1ccccc1.Cc1ccccc1.Cc1ccccc1. The molecule has 52 heavy (non-hydrogen) atoms. The summed E-state index contributed by atoms with van der Waals surface area (Å²) in [7, 11) is 0. The Hall–Kier alpha value is -3.12. The molecule has 312 valence electrons. The predicted octanol–water partition coefficient (Wildman–Crippen LogP) is 20.3. The minimum atomic E-state index is 1.32. The van der Waals surface area contributed by atoms with Crippen molar-refractivity contribution in [3.63, 3.8) is 0 Å². The van der Waals surface area contributed by atoms with Crippen molar-refractivity contribution in [2.24, 2.45) is 0 Å². The van der Waals surface area contributed by atoms with Gasteiger partial charge in [-0.3, -0.25) is 0 Å². The summed E-state index contributed by atoms with van der Waals surface area (Å²) in [4.78, 5) is 0. The quantitative estimate of drug-likeness (QED) is 0.169. The Labute approximate surface area is 336 Å². The predicted molar refractivity (Wildman–Crippen MR) is 261 cm³/mol. The molecule has 0 saturated carbocycles. The summed E-state index contributed by atoms with van der Waals surface area (Å²) in [5, 5.41) is 0. The molecule has 0 aromatic heterocycles. The Morgan fingerprint density at radius 2 is 0.231 bits per heavy atom. The van der Waals surface area contributed by atoms with Crippen molar-refractivity contribution in [3.8, 4) is 0 Å². The molecule has 0 aliphatic carbocycles. The Balaban J connectivity index is -0.0000000345. The molecule has 0 heterocycles. The monoisotopic (exact) mass is 729 g/mol. The Bertz CT molecular complexity index is 670. The minimum absolute atomic E-state index is 1.32. The van der Waals surface area contributed by atoms with Crippen LogP contribution in [0.1, 0.15) is 188 Å². The van der Waals surface area contributed by atoms with E-state index in [0.29, 0.717) is 0 Å². The third kappa shape index (κ3) is 118. The van der Waals surface area contributed by atoms with Gasteiger partial charge in [0, 0.05) is 0 Å². The van der Waals surface area contributed by atoms with E-state index >= 15 is 0 Å². The summed E-state index contributed by atoms with van der Waals surface area (Å²) < 4.78 is 0. The largest absolute Gasteiger partial charge is 0.0683 e. The van der Waals surface area contributed by atoms with Gasteiger partial charge in [-0.2, -0.15) is 0 Å². The van der Waals surface area contributed by atoms with Crippen LogP contribution in [0.25, 0.3) is 0 Å². The summed E-state index contributed by atoms with van der Waals surface area (Å²) in [6.45, 7) is 56.3. The highest BCUT2D eigenvalue weighted by Gasteiger charge is 1.74. The van der Waals surface area contributed by atoms with E-state index in [4.69, 9.17) is 0 Å². The lowest BCUT2D eigenvalue weighted by atomic mass is 10.2.